The smallest absolute Gasteiger partial charge is 0.0309 e. The van der Waals surface area contributed by atoms with Gasteiger partial charge in [0.05, 0.1) is 0 Å². The van der Waals surface area contributed by atoms with Crippen molar-refractivity contribution < 1.29 is 0 Å². The molecule has 1 N–H and O–H groups in total. The predicted octanol–water partition coefficient (Wildman–Crippen LogP) is 3.42. The molecule has 106 valence electrons. The number of nitrogens with one attached hydrogen (secondary N) is 1. The normalized spacial score (nSPS) is 28.3. The summed E-state index contributed by atoms with van der Waals surface area (Å²) in [5, 5.41) is 3.88. The van der Waals surface area contributed by atoms with Crippen LogP contribution in [0.2, 0.25) is 0 Å². The molecule has 1 heterocycles. The molecule has 0 bridgehead atoms. The lowest BCUT2D eigenvalue weighted by Crippen LogP contribution is -2.63. The van der Waals surface area contributed by atoms with Crippen molar-refractivity contribution in [2.24, 2.45) is 5.92 Å². The first-order valence-corrected chi connectivity index (χ1v) is 8.14. The number of nitrogens with zero attached hydrogens (tertiary/aromatic N) is 1. The maximum absolute atomic E-state index is 3.88. The highest BCUT2D eigenvalue weighted by Gasteiger charge is 2.40. The summed E-state index contributed by atoms with van der Waals surface area (Å²) in [6, 6.07) is 0.781. The molecule has 0 aromatic rings. The molecule has 2 fully saturated rings. The van der Waals surface area contributed by atoms with Crippen molar-refractivity contribution in [2.75, 3.05) is 19.6 Å². The Morgan fingerprint density at radius 1 is 1.28 bits per heavy atom. The van der Waals surface area contributed by atoms with Gasteiger partial charge in [-0.3, -0.25) is 4.90 Å². The van der Waals surface area contributed by atoms with E-state index in [-0.39, 0.29) is 0 Å². The van der Waals surface area contributed by atoms with Crippen LogP contribution in [0.4, 0.5) is 0 Å². The average Bonchev–Trinajstić information content (AvgIpc) is 2.77. The van der Waals surface area contributed by atoms with E-state index in [1.165, 1.54) is 64.6 Å². The lowest BCUT2D eigenvalue weighted by molar-refractivity contribution is 0.0760. The Balaban J connectivity index is 1.86. The number of piperazine rings is 1. The molecular formula is C16H32N2. The maximum atomic E-state index is 3.88. The van der Waals surface area contributed by atoms with Gasteiger partial charge in [-0.25, -0.2) is 0 Å². The second-order valence-electron chi connectivity index (χ2n) is 6.94. The van der Waals surface area contributed by atoms with Crippen LogP contribution in [0, 0.1) is 5.92 Å². The molecule has 1 aliphatic heterocycles. The molecule has 1 saturated carbocycles. The molecule has 1 saturated heterocycles. The van der Waals surface area contributed by atoms with Gasteiger partial charge in [-0.1, -0.05) is 33.6 Å². The summed E-state index contributed by atoms with van der Waals surface area (Å²) >= 11 is 0. The summed E-state index contributed by atoms with van der Waals surface area (Å²) in [4.78, 5) is 2.80. The Kier molecular flexibility index (Phi) is 5.08. The molecule has 0 aromatic heterocycles. The molecule has 0 amide bonds. The molecule has 1 spiro atoms. The van der Waals surface area contributed by atoms with Gasteiger partial charge in [-0.15, -0.1) is 0 Å². The lowest BCUT2D eigenvalue weighted by Gasteiger charge is -2.46. The van der Waals surface area contributed by atoms with Gasteiger partial charge >= 0.3 is 0 Å². The van der Waals surface area contributed by atoms with Gasteiger partial charge < -0.3 is 5.32 Å². The van der Waals surface area contributed by atoms with Crippen LogP contribution < -0.4 is 5.32 Å². The van der Waals surface area contributed by atoms with Crippen molar-refractivity contribution in [3.8, 4) is 0 Å². The standard InChI is InChI=1S/C16H32N2/c1-4-15-12-17-16(9-5-6-10-16)13-18(15)11-7-8-14(2)3/h14-15,17H,4-13H2,1-3H3. The fraction of sp³-hybridized carbons (Fsp3) is 1.00. The number of rotatable bonds is 5. The third kappa shape index (κ3) is 3.48. The molecule has 2 aliphatic rings. The van der Waals surface area contributed by atoms with Gasteiger partial charge in [0.1, 0.15) is 0 Å². The van der Waals surface area contributed by atoms with Crippen molar-refractivity contribution in [1.29, 1.82) is 0 Å². The van der Waals surface area contributed by atoms with E-state index >= 15 is 0 Å². The minimum Gasteiger partial charge on any atom is -0.308 e. The molecule has 0 aromatic carbocycles. The lowest BCUT2D eigenvalue weighted by atomic mass is 9.91. The van der Waals surface area contributed by atoms with E-state index in [9.17, 15) is 0 Å². The van der Waals surface area contributed by atoms with E-state index < -0.39 is 0 Å². The fourth-order valence-electron chi connectivity index (χ4n) is 3.79. The highest BCUT2D eigenvalue weighted by atomic mass is 15.3. The molecular weight excluding hydrogens is 220 g/mol. The minimum absolute atomic E-state index is 0.490. The summed E-state index contributed by atoms with van der Waals surface area (Å²) in [5.41, 5.74) is 0.490. The van der Waals surface area contributed by atoms with Gasteiger partial charge in [0.2, 0.25) is 0 Å². The molecule has 18 heavy (non-hydrogen) atoms. The second kappa shape index (κ2) is 6.38. The van der Waals surface area contributed by atoms with Gasteiger partial charge in [0, 0.05) is 24.7 Å². The van der Waals surface area contributed by atoms with Crippen molar-refractivity contribution in [1.82, 2.24) is 10.2 Å². The minimum atomic E-state index is 0.490. The van der Waals surface area contributed by atoms with E-state index in [4.69, 9.17) is 0 Å². The van der Waals surface area contributed by atoms with Gasteiger partial charge in [0.25, 0.3) is 0 Å². The Morgan fingerprint density at radius 2 is 2.00 bits per heavy atom. The third-order valence-electron chi connectivity index (χ3n) is 4.99. The molecule has 0 radical (unpaired) electrons. The quantitative estimate of drug-likeness (QED) is 0.806. The van der Waals surface area contributed by atoms with Crippen LogP contribution in [-0.2, 0) is 0 Å². The van der Waals surface area contributed by atoms with Crippen LogP contribution in [0.25, 0.3) is 0 Å². The van der Waals surface area contributed by atoms with Crippen LogP contribution in [0.3, 0.4) is 0 Å². The first kappa shape index (κ1) is 14.3. The van der Waals surface area contributed by atoms with E-state index in [0.717, 1.165) is 12.0 Å². The number of hydrogen-bond acceptors (Lipinski definition) is 2. The second-order valence-corrected chi connectivity index (χ2v) is 6.94. The van der Waals surface area contributed by atoms with E-state index in [0.29, 0.717) is 5.54 Å². The summed E-state index contributed by atoms with van der Waals surface area (Å²) < 4.78 is 0. The molecule has 1 atom stereocenters. The maximum Gasteiger partial charge on any atom is 0.0309 e. The first-order valence-electron chi connectivity index (χ1n) is 8.14. The van der Waals surface area contributed by atoms with Crippen molar-refractivity contribution in [2.45, 2.75) is 77.3 Å². The average molecular weight is 252 g/mol. The Morgan fingerprint density at radius 3 is 2.61 bits per heavy atom. The van der Waals surface area contributed by atoms with Gasteiger partial charge in [0.15, 0.2) is 0 Å². The molecule has 2 nitrogen and oxygen atoms in total. The SMILES string of the molecule is CCC1CNC2(CCCC2)CN1CCCC(C)C. The van der Waals surface area contributed by atoms with E-state index in [1.807, 2.05) is 0 Å². The first-order chi connectivity index (χ1) is 8.65. The topological polar surface area (TPSA) is 15.3 Å². The molecule has 2 rings (SSSR count). The van der Waals surface area contributed by atoms with Crippen LogP contribution in [0.5, 0.6) is 0 Å². The third-order valence-corrected chi connectivity index (χ3v) is 4.99. The molecule has 1 unspecified atom stereocenters. The van der Waals surface area contributed by atoms with Crippen molar-refractivity contribution in [3.63, 3.8) is 0 Å². The zero-order valence-corrected chi connectivity index (χ0v) is 12.7. The fourth-order valence-corrected chi connectivity index (χ4v) is 3.79. The largest absolute Gasteiger partial charge is 0.308 e. The van der Waals surface area contributed by atoms with Gasteiger partial charge in [-0.2, -0.15) is 0 Å². The predicted molar refractivity (Wildman–Crippen MR) is 78.9 cm³/mol. The van der Waals surface area contributed by atoms with Crippen molar-refractivity contribution >= 4 is 0 Å². The molecule has 1 aliphatic carbocycles. The van der Waals surface area contributed by atoms with E-state index in [1.54, 1.807) is 0 Å². The zero-order valence-electron chi connectivity index (χ0n) is 12.7. The van der Waals surface area contributed by atoms with Crippen LogP contribution in [0.1, 0.15) is 65.7 Å². The summed E-state index contributed by atoms with van der Waals surface area (Å²) in [5.74, 6) is 0.855. The van der Waals surface area contributed by atoms with Crippen LogP contribution in [-0.4, -0.2) is 36.1 Å². The molecule has 2 heteroatoms. The van der Waals surface area contributed by atoms with Crippen LogP contribution >= 0.6 is 0 Å². The number of hydrogen-bond donors (Lipinski definition) is 1. The summed E-state index contributed by atoms with van der Waals surface area (Å²) in [6.07, 6.45) is 9.74. The Labute approximate surface area is 114 Å². The zero-order chi connectivity index (χ0) is 13.0. The highest BCUT2D eigenvalue weighted by molar-refractivity contribution is 5.00. The van der Waals surface area contributed by atoms with Crippen molar-refractivity contribution in [3.05, 3.63) is 0 Å². The van der Waals surface area contributed by atoms with E-state index in [2.05, 4.69) is 31.0 Å². The van der Waals surface area contributed by atoms with Gasteiger partial charge in [-0.05, 0) is 44.6 Å². The Hall–Kier alpha value is -0.0800. The highest BCUT2D eigenvalue weighted by Crippen LogP contribution is 2.33. The monoisotopic (exact) mass is 252 g/mol. The summed E-state index contributed by atoms with van der Waals surface area (Å²) in [7, 11) is 0. The Bertz CT molecular complexity index is 243. The summed E-state index contributed by atoms with van der Waals surface area (Å²) in [6.45, 7) is 10.9. The van der Waals surface area contributed by atoms with Crippen LogP contribution in [0.15, 0.2) is 0 Å².